The number of benzene rings is 10. The normalized spacial score (nSPS) is 13.1. The van der Waals surface area contributed by atoms with E-state index in [-0.39, 0.29) is 5.92 Å². The summed E-state index contributed by atoms with van der Waals surface area (Å²) in [7, 11) is 0. The quantitative estimate of drug-likeness (QED) is 0.158. The number of fused-ring (bicyclic) bond motifs is 14. The molecule has 5 aromatic heterocycles. The van der Waals surface area contributed by atoms with Crippen molar-refractivity contribution in [2.75, 3.05) is 0 Å². The number of furan rings is 2. The average molecular weight is 972 g/mol. The van der Waals surface area contributed by atoms with E-state index in [0.29, 0.717) is 23.2 Å². The van der Waals surface area contributed by atoms with Gasteiger partial charge in [0.2, 0.25) is 0 Å². The molecule has 5 heterocycles. The first-order valence-corrected chi connectivity index (χ1v) is 25.6. The lowest BCUT2D eigenvalue weighted by atomic mass is 9.88. The van der Waals surface area contributed by atoms with Gasteiger partial charge in [-0.3, -0.25) is 4.98 Å². The lowest BCUT2D eigenvalue weighted by Gasteiger charge is -2.14. The van der Waals surface area contributed by atoms with Crippen molar-refractivity contribution in [3.8, 4) is 73.4 Å². The molecule has 0 aliphatic heterocycles. The van der Waals surface area contributed by atoms with E-state index in [2.05, 4.69) is 180 Å². The van der Waals surface area contributed by atoms with Crippen molar-refractivity contribution >= 4 is 65.7 Å². The lowest BCUT2D eigenvalue weighted by molar-refractivity contribution is 0.663. The highest BCUT2D eigenvalue weighted by Gasteiger charge is 2.34. The Morgan fingerprint density at radius 2 is 0.895 bits per heavy atom. The van der Waals surface area contributed by atoms with Crippen LogP contribution in [0.15, 0.2) is 252 Å². The van der Waals surface area contributed by atoms with E-state index in [1.165, 1.54) is 27.8 Å². The number of pyridine rings is 1. The first kappa shape index (κ1) is 42.3. The molecule has 15 aromatic rings. The molecule has 0 bridgehead atoms. The molecule has 0 spiro atoms. The number of rotatable bonds is 7. The van der Waals surface area contributed by atoms with Gasteiger partial charge in [0, 0.05) is 89.1 Å². The summed E-state index contributed by atoms with van der Waals surface area (Å²) in [5, 5.41) is 6.38. The molecular weight excluding hydrogens is 931 g/mol. The van der Waals surface area contributed by atoms with Crippen LogP contribution in [0.1, 0.15) is 22.6 Å². The van der Waals surface area contributed by atoms with Gasteiger partial charge in [0.15, 0.2) is 23.1 Å². The van der Waals surface area contributed by atoms with Crippen LogP contribution in [-0.2, 0) is 0 Å². The molecule has 7 heteroatoms. The summed E-state index contributed by atoms with van der Waals surface area (Å²) in [6, 6.07) is 82.6. The number of hydrogen-bond donors (Lipinski definition) is 0. The fourth-order valence-electron chi connectivity index (χ4n) is 12.0. The SMILES string of the molecule is c1ccc(-c2nc(-c3ccccc3)nc(-c3cc(-c4cccc5c4oc4c6c(ccc45)-c4ccccc4C6c4ccccc4)cnc3-c3cccc4c3oc3c4ccc4c5ccccc5n(-c5ccccc5)c43)n2)cc1. The third-order valence-corrected chi connectivity index (χ3v) is 15.4. The Morgan fingerprint density at radius 1 is 0.355 bits per heavy atom. The van der Waals surface area contributed by atoms with Crippen molar-refractivity contribution in [2.45, 2.75) is 5.92 Å². The van der Waals surface area contributed by atoms with E-state index in [1.54, 1.807) is 0 Å². The number of nitrogens with zero attached hydrogens (tertiary/aromatic N) is 5. The fourth-order valence-corrected chi connectivity index (χ4v) is 12.0. The monoisotopic (exact) mass is 971 g/mol. The summed E-state index contributed by atoms with van der Waals surface area (Å²) >= 11 is 0. The molecule has 0 saturated heterocycles. The van der Waals surface area contributed by atoms with Gasteiger partial charge in [0.25, 0.3) is 0 Å². The van der Waals surface area contributed by atoms with Crippen LogP contribution in [0.25, 0.3) is 139 Å². The van der Waals surface area contributed by atoms with Crippen LogP contribution in [0.4, 0.5) is 0 Å². The van der Waals surface area contributed by atoms with E-state index in [9.17, 15) is 0 Å². The second kappa shape index (κ2) is 16.6. The molecule has 16 rings (SSSR count). The number of para-hydroxylation sites is 4. The molecule has 1 aliphatic carbocycles. The minimum absolute atomic E-state index is 0.0212. The Kier molecular flexibility index (Phi) is 9.26. The van der Waals surface area contributed by atoms with Gasteiger partial charge in [0.1, 0.15) is 16.7 Å². The van der Waals surface area contributed by atoms with Crippen molar-refractivity contribution in [1.82, 2.24) is 24.5 Å². The van der Waals surface area contributed by atoms with Crippen molar-refractivity contribution in [2.24, 2.45) is 0 Å². The van der Waals surface area contributed by atoms with Crippen LogP contribution < -0.4 is 0 Å². The highest BCUT2D eigenvalue weighted by atomic mass is 16.3. The van der Waals surface area contributed by atoms with Gasteiger partial charge < -0.3 is 13.4 Å². The first-order valence-electron chi connectivity index (χ1n) is 25.6. The molecule has 1 unspecified atom stereocenters. The zero-order valence-electron chi connectivity index (χ0n) is 40.7. The average Bonchev–Trinajstić information content (AvgIpc) is 4.42. The maximum atomic E-state index is 7.30. The number of hydrogen-bond acceptors (Lipinski definition) is 6. The minimum atomic E-state index is 0.0212. The molecular formula is C69H41N5O2. The summed E-state index contributed by atoms with van der Waals surface area (Å²) in [6.45, 7) is 0. The molecule has 1 atom stereocenters. The summed E-state index contributed by atoms with van der Waals surface area (Å²) in [4.78, 5) is 21.2. The molecule has 76 heavy (non-hydrogen) atoms. The Balaban J connectivity index is 0.953. The van der Waals surface area contributed by atoms with Gasteiger partial charge in [-0.2, -0.15) is 0 Å². The maximum absolute atomic E-state index is 7.30. The van der Waals surface area contributed by atoms with Crippen molar-refractivity contribution in [3.63, 3.8) is 0 Å². The fraction of sp³-hybridized carbons (Fsp3) is 0.0145. The molecule has 0 radical (unpaired) electrons. The smallest absolute Gasteiger partial charge is 0.166 e. The van der Waals surface area contributed by atoms with Crippen LogP contribution in [-0.4, -0.2) is 24.5 Å². The molecule has 0 saturated carbocycles. The second-order valence-electron chi connectivity index (χ2n) is 19.6. The standard InChI is InChI=1S/C69H41N5O2/c1-5-19-41(20-6-1)59-49-29-14-13-27-47(49)50-35-37-54-52-31-17-30-46(63(52)75-65(54)60(50)59)44-39-57(69-72-67(42-21-7-2-8-22-42)71-68(73-69)43-23-9-3-10-24-43)61(70-40-44)56-33-18-32-53-55-38-36-51-48-28-15-16-34-58(48)74(45-25-11-4-12-26-45)62(51)66(55)76-64(53)56/h1-40,59H. The maximum Gasteiger partial charge on any atom is 0.166 e. The summed E-state index contributed by atoms with van der Waals surface area (Å²) in [5.74, 6) is 1.62. The molecule has 0 amide bonds. The number of aromatic nitrogens is 5. The predicted octanol–water partition coefficient (Wildman–Crippen LogP) is 17.7. The van der Waals surface area contributed by atoms with Gasteiger partial charge in [-0.1, -0.05) is 194 Å². The van der Waals surface area contributed by atoms with Crippen LogP contribution in [0.5, 0.6) is 0 Å². The molecule has 7 nitrogen and oxygen atoms in total. The molecule has 10 aromatic carbocycles. The molecule has 1 aliphatic rings. The zero-order chi connectivity index (χ0) is 49.8. The highest BCUT2D eigenvalue weighted by Crippen LogP contribution is 2.53. The Labute approximate surface area is 435 Å². The highest BCUT2D eigenvalue weighted by molar-refractivity contribution is 6.23. The third-order valence-electron chi connectivity index (χ3n) is 15.4. The Hall–Kier alpha value is -10.2. The topological polar surface area (TPSA) is 82.8 Å². The van der Waals surface area contributed by atoms with Gasteiger partial charge in [0.05, 0.1) is 16.7 Å². The minimum Gasteiger partial charge on any atom is -0.455 e. The summed E-state index contributed by atoms with van der Waals surface area (Å²) in [5.41, 5.74) is 18.3. The van der Waals surface area contributed by atoms with Crippen LogP contribution in [0.3, 0.4) is 0 Å². The van der Waals surface area contributed by atoms with Crippen LogP contribution in [0.2, 0.25) is 0 Å². The Bertz CT molecular complexity index is 4750. The molecule has 354 valence electrons. The van der Waals surface area contributed by atoms with Gasteiger partial charge in [-0.05, 0) is 64.7 Å². The lowest BCUT2D eigenvalue weighted by Crippen LogP contribution is -2.02. The van der Waals surface area contributed by atoms with Crippen molar-refractivity contribution < 1.29 is 8.83 Å². The molecule has 0 fully saturated rings. The molecule has 0 N–H and O–H groups in total. The predicted molar refractivity (Wildman–Crippen MR) is 307 cm³/mol. The summed E-state index contributed by atoms with van der Waals surface area (Å²) in [6.07, 6.45) is 1.96. The van der Waals surface area contributed by atoms with E-state index in [0.717, 1.165) is 105 Å². The first-order chi connectivity index (χ1) is 37.7. The van der Waals surface area contributed by atoms with Crippen molar-refractivity contribution in [3.05, 3.63) is 259 Å². The van der Waals surface area contributed by atoms with E-state index >= 15 is 0 Å². The van der Waals surface area contributed by atoms with E-state index < -0.39 is 0 Å². The Morgan fingerprint density at radius 3 is 1.64 bits per heavy atom. The zero-order valence-corrected chi connectivity index (χ0v) is 40.7. The van der Waals surface area contributed by atoms with Gasteiger partial charge in [-0.15, -0.1) is 0 Å². The van der Waals surface area contributed by atoms with E-state index in [1.807, 2.05) is 66.9 Å². The van der Waals surface area contributed by atoms with Crippen LogP contribution in [0, 0.1) is 0 Å². The summed E-state index contributed by atoms with van der Waals surface area (Å²) < 4.78 is 16.9. The van der Waals surface area contributed by atoms with E-state index in [4.69, 9.17) is 28.8 Å². The van der Waals surface area contributed by atoms with Crippen LogP contribution >= 0.6 is 0 Å². The second-order valence-corrected chi connectivity index (χ2v) is 19.6. The van der Waals surface area contributed by atoms with Gasteiger partial charge in [-0.25, -0.2) is 15.0 Å². The van der Waals surface area contributed by atoms with Crippen molar-refractivity contribution in [1.29, 1.82) is 0 Å². The largest absolute Gasteiger partial charge is 0.455 e. The van der Waals surface area contributed by atoms with Gasteiger partial charge >= 0.3 is 0 Å². The third kappa shape index (κ3) is 6.36.